The highest BCUT2D eigenvalue weighted by Crippen LogP contribution is 2.00. The standard InChI is InChI=1S/C11H18N2O2/c1-2-3-4-7-15-11(14)6-5-10-8-12-9-13-10/h8-9H,2-7H2,1H3,(H,12,13). The largest absolute Gasteiger partial charge is 0.466 e. The molecule has 0 fully saturated rings. The number of aromatic nitrogens is 2. The first kappa shape index (κ1) is 11.8. The molecule has 0 atom stereocenters. The van der Waals surface area contributed by atoms with E-state index in [1.54, 1.807) is 12.5 Å². The SMILES string of the molecule is CCCCCOC(=O)CCc1cnc[nH]1. The maximum Gasteiger partial charge on any atom is 0.306 e. The molecule has 0 bridgehead atoms. The van der Waals surface area contributed by atoms with Crippen LogP contribution in [0.5, 0.6) is 0 Å². The molecule has 1 heterocycles. The topological polar surface area (TPSA) is 55.0 Å². The van der Waals surface area contributed by atoms with Gasteiger partial charge in [-0.3, -0.25) is 4.79 Å². The Hall–Kier alpha value is -1.32. The molecule has 4 heteroatoms. The number of aromatic amines is 1. The monoisotopic (exact) mass is 210 g/mol. The predicted molar refractivity (Wildman–Crippen MR) is 57.4 cm³/mol. The third kappa shape index (κ3) is 5.20. The fraction of sp³-hybridized carbons (Fsp3) is 0.636. The molecule has 0 aliphatic heterocycles. The number of hydrogen-bond donors (Lipinski definition) is 1. The smallest absolute Gasteiger partial charge is 0.306 e. The molecule has 4 nitrogen and oxygen atoms in total. The van der Waals surface area contributed by atoms with Crippen LogP contribution < -0.4 is 0 Å². The number of carbonyl (C=O) groups excluding carboxylic acids is 1. The quantitative estimate of drug-likeness (QED) is 0.553. The fourth-order valence-corrected chi connectivity index (χ4v) is 1.27. The molecule has 0 saturated heterocycles. The number of nitrogens with one attached hydrogen (secondary N) is 1. The summed E-state index contributed by atoms with van der Waals surface area (Å²) in [7, 11) is 0. The lowest BCUT2D eigenvalue weighted by Crippen LogP contribution is -2.07. The summed E-state index contributed by atoms with van der Waals surface area (Å²) in [5.74, 6) is -0.124. The lowest BCUT2D eigenvalue weighted by atomic mass is 10.2. The van der Waals surface area contributed by atoms with E-state index in [1.165, 1.54) is 0 Å². The van der Waals surface area contributed by atoms with Crippen molar-refractivity contribution in [3.8, 4) is 0 Å². The molecule has 0 radical (unpaired) electrons. The first-order chi connectivity index (χ1) is 7.33. The van der Waals surface area contributed by atoms with E-state index in [0.29, 0.717) is 19.4 Å². The number of imidazole rings is 1. The highest BCUT2D eigenvalue weighted by molar-refractivity contribution is 5.69. The number of H-pyrrole nitrogens is 1. The van der Waals surface area contributed by atoms with Crippen molar-refractivity contribution in [2.45, 2.75) is 39.0 Å². The van der Waals surface area contributed by atoms with Crippen molar-refractivity contribution < 1.29 is 9.53 Å². The number of rotatable bonds is 7. The second kappa shape index (κ2) is 7.04. The molecule has 1 aromatic rings. The summed E-state index contributed by atoms with van der Waals surface area (Å²) >= 11 is 0. The summed E-state index contributed by atoms with van der Waals surface area (Å²) in [6.45, 7) is 2.68. The van der Waals surface area contributed by atoms with E-state index in [0.717, 1.165) is 25.0 Å². The maximum atomic E-state index is 11.2. The van der Waals surface area contributed by atoms with Crippen molar-refractivity contribution in [1.82, 2.24) is 9.97 Å². The Bertz CT molecular complexity index is 270. The molecule has 1 N–H and O–H groups in total. The normalized spacial score (nSPS) is 10.2. The number of esters is 1. The lowest BCUT2D eigenvalue weighted by Gasteiger charge is -2.03. The average molecular weight is 210 g/mol. The zero-order chi connectivity index (χ0) is 10.9. The summed E-state index contributed by atoms with van der Waals surface area (Å²) in [6, 6.07) is 0. The maximum absolute atomic E-state index is 11.2. The van der Waals surface area contributed by atoms with Crippen LogP contribution in [0.2, 0.25) is 0 Å². The zero-order valence-electron chi connectivity index (χ0n) is 9.16. The summed E-state index contributed by atoms with van der Waals surface area (Å²) < 4.78 is 5.07. The highest BCUT2D eigenvalue weighted by Gasteiger charge is 2.03. The van der Waals surface area contributed by atoms with Crippen LogP contribution in [0.3, 0.4) is 0 Å². The van der Waals surface area contributed by atoms with Gasteiger partial charge in [-0.1, -0.05) is 19.8 Å². The molecule has 0 amide bonds. The molecule has 0 aliphatic rings. The Morgan fingerprint density at radius 2 is 2.40 bits per heavy atom. The summed E-state index contributed by atoms with van der Waals surface area (Å²) in [5.41, 5.74) is 0.973. The van der Waals surface area contributed by atoms with Gasteiger partial charge in [0.05, 0.1) is 19.4 Å². The van der Waals surface area contributed by atoms with E-state index in [4.69, 9.17) is 4.74 Å². The summed E-state index contributed by atoms with van der Waals surface area (Å²) in [6.07, 6.45) is 7.67. The van der Waals surface area contributed by atoms with Crippen molar-refractivity contribution in [2.24, 2.45) is 0 Å². The van der Waals surface area contributed by atoms with Gasteiger partial charge in [-0.15, -0.1) is 0 Å². The fourth-order valence-electron chi connectivity index (χ4n) is 1.27. The number of carbonyl (C=O) groups is 1. The van der Waals surface area contributed by atoms with Crippen LogP contribution in [-0.4, -0.2) is 22.5 Å². The zero-order valence-corrected chi connectivity index (χ0v) is 9.16. The number of hydrogen-bond acceptors (Lipinski definition) is 3. The van der Waals surface area contributed by atoms with Gasteiger partial charge >= 0.3 is 5.97 Å². The van der Waals surface area contributed by atoms with Crippen molar-refractivity contribution in [1.29, 1.82) is 0 Å². The van der Waals surface area contributed by atoms with Crippen LogP contribution in [0.1, 0.15) is 38.3 Å². The van der Waals surface area contributed by atoms with Crippen LogP contribution >= 0.6 is 0 Å². The van der Waals surface area contributed by atoms with Gasteiger partial charge in [0.2, 0.25) is 0 Å². The Balaban J connectivity index is 2.04. The van der Waals surface area contributed by atoms with E-state index >= 15 is 0 Å². The minimum atomic E-state index is -0.124. The molecule has 0 aromatic carbocycles. The van der Waals surface area contributed by atoms with Gasteiger partial charge < -0.3 is 9.72 Å². The second-order valence-corrected chi connectivity index (χ2v) is 3.50. The summed E-state index contributed by atoms with van der Waals surface area (Å²) in [5, 5.41) is 0. The van der Waals surface area contributed by atoms with Gasteiger partial charge in [0.1, 0.15) is 0 Å². The molecule has 84 valence electrons. The highest BCUT2D eigenvalue weighted by atomic mass is 16.5. The van der Waals surface area contributed by atoms with Crippen molar-refractivity contribution >= 4 is 5.97 Å². The minimum Gasteiger partial charge on any atom is -0.466 e. The van der Waals surface area contributed by atoms with Crippen molar-refractivity contribution in [3.05, 3.63) is 18.2 Å². The van der Waals surface area contributed by atoms with Crippen LogP contribution in [0.15, 0.2) is 12.5 Å². The van der Waals surface area contributed by atoms with Crippen LogP contribution in [0.4, 0.5) is 0 Å². The minimum absolute atomic E-state index is 0.124. The first-order valence-corrected chi connectivity index (χ1v) is 5.45. The molecule has 0 unspecified atom stereocenters. The number of ether oxygens (including phenoxy) is 1. The van der Waals surface area contributed by atoms with Crippen molar-refractivity contribution in [2.75, 3.05) is 6.61 Å². The number of aryl methyl sites for hydroxylation is 1. The van der Waals surface area contributed by atoms with E-state index in [1.807, 2.05) is 0 Å². The molecular formula is C11H18N2O2. The molecule has 0 aliphatic carbocycles. The van der Waals surface area contributed by atoms with E-state index in [2.05, 4.69) is 16.9 Å². The van der Waals surface area contributed by atoms with Gasteiger partial charge in [-0.05, 0) is 12.8 Å². The van der Waals surface area contributed by atoms with Crippen LogP contribution in [-0.2, 0) is 16.0 Å². The second-order valence-electron chi connectivity index (χ2n) is 3.50. The van der Waals surface area contributed by atoms with E-state index < -0.39 is 0 Å². The van der Waals surface area contributed by atoms with E-state index in [-0.39, 0.29) is 5.97 Å². The third-order valence-corrected chi connectivity index (χ3v) is 2.16. The Morgan fingerprint density at radius 1 is 1.53 bits per heavy atom. The van der Waals surface area contributed by atoms with Crippen LogP contribution in [0.25, 0.3) is 0 Å². The Morgan fingerprint density at radius 3 is 3.07 bits per heavy atom. The molecule has 1 rings (SSSR count). The molecule has 0 saturated carbocycles. The van der Waals surface area contributed by atoms with Gasteiger partial charge in [0.25, 0.3) is 0 Å². The van der Waals surface area contributed by atoms with Gasteiger partial charge in [-0.2, -0.15) is 0 Å². The Labute approximate surface area is 90.1 Å². The average Bonchev–Trinajstić information content (AvgIpc) is 2.74. The lowest BCUT2D eigenvalue weighted by molar-refractivity contribution is -0.143. The Kier molecular flexibility index (Phi) is 5.51. The molecular weight excluding hydrogens is 192 g/mol. The van der Waals surface area contributed by atoms with Gasteiger partial charge in [0.15, 0.2) is 0 Å². The number of unbranched alkanes of at least 4 members (excludes halogenated alkanes) is 2. The first-order valence-electron chi connectivity index (χ1n) is 5.45. The number of nitrogens with zero attached hydrogens (tertiary/aromatic N) is 1. The molecule has 1 aromatic heterocycles. The molecule has 0 spiro atoms. The summed E-state index contributed by atoms with van der Waals surface area (Å²) in [4.78, 5) is 18.1. The third-order valence-electron chi connectivity index (χ3n) is 2.16. The van der Waals surface area contributed by atoms with E-state index in [9.17, 15) is 4.79 Å². The van der Waals surface area contributed by atoms with Crippen molar-refractivity contribution in [3.63, 3.8) is 0 Å². The predicted octanol–water partition coefficient (Wildman–Crippen LogP) is 2.08. The van der Waals surface area contributed by atoms with Gasteiger partial charge in [0, 0.05) is 11.9 Å². The van der Waals surface area contributed by atoms with Crippen LogP contribution in [0, 0.1) is 0 Å². The molecule has 15 heavy (non-hydrogen) atoms. The van der Waals surface area contributed by atoms with Gasteiger partial charge in [-0.25, -0.2) is 4.98 Å².